The quantitative estimate of drug-likeness (QED) is 0.831. The maximum atomic E-state index is 11.3. The average molecular weight is 283 g/mol. The Labute approximate surface area is 125 Å². The molecule has 2 rings (SSSR count). The summed E-state index contributed by atoms with van der Waals surface area (Å²) in [5.74, 6) is -0.451. The molecule has 0 aliphatic rings. The molecule has 21 heavy (non-hydrogen) atoms. The minimum Gasteiger partial charge on any atom is -0.478 e. The van der Waals surface area contributed by atoms with Gasteiger partial charge in [0, 0.05) is 6.54 Å². The van der Waals surface area contributed by atoms with Gasteiger partial charge in [-0.2, -0.15) is 0 Å². The molecule has 0 radical (unpaired) electrons. The van der Waals surface area contributed by atoms with Crippen LogP contribution in [0.5, 0.6) is 0 Å². The zero-order valence-corrected chi connectivity index (χ0v) is 12.5. The highest BCUT2D eigenvalue weighted by Gasteiger charge is 2.12. The van der Waals surface area contributed by atoms with Gasteiger partial charge in [0.05, 0.1) is 11.3 Å². The number of carboxylic acid groups (broad SMARTS) is 1. The molecule has 1 atom stereocenters. The number of aryl methyl sites for hydroxylation is 1. The standard InChI is InChI=1S/C18H21NO2/c1-13(15-8-4-3-5-9-15)11-12-19-17-14(2)7-6-10-16(17)18(20)21/h3-10,13,19H,11-12H2,1-2H3,(H,20,21). The van der Waals surface area contributed by atoms with Crippen molar-refractivity contribution in [3.63, 3.8) is 0 Å². The lowest BCUT2D eigenvalue weighted by molar-refractivity contribution is 0.0698. The fourth-order valence-corrected chi connectivity index (χ4v) is 2.44. The van der Waals surface area contributed by atoms with Crippen molar-refractivity contribution in [2.45, 2.75) is 26.2 Å². The van der Waals surface area contributed by atoms with Gasteiger partial charge >= 0.3 is 5.97 Å². The van der Waals surface area contributed by atoms with Gasteiger partial charge in [-0.25, -0.2) is 4.79 Å². The molecule has 0 heterocycles. The normalized spacial score (nSPS) is 11.9. The summed E-state index contributed by atoms with van der Waals surface area (Å²) in [4.78, 5) is 11.3. The molecule has 0 fully saturated rings. The third-order valence-corrected chi connectivity index (χ3v) is 3.75. The lowest BCUT2D eigenvalue weighted by atomic mass is 9.98. The Balaban J connectivity index is 1.99. The van der Waals surface area contributed by atoms with Crippen LogP contribution in [0.15, 0.2) is 48.5 Å². The smallest absolute Gasteiger partial charge is 0.337 e. The van der Waals surface area contributed by atoms with E-state index < -0.39 is 5.97 Å². The first-order valence-electron chi connectivity index (χ1n) is 7.21. The van der Waals surface area contributed by atoms with Crippen molar-refractivity contribution in [1.29, 1.82) is 0 Å². The van der Waals surface area contributed by atoms with E-state index in [4.69, 9.17) is 0 Å². The number of nitrogens with one attached hydrogen (secondary N) is 1. The molecule has 1 unspecified atom stereocenters. The maximum Gasteiger partial charge on any atom is 0.337 e. The molecule has 2 aromatic carbocycles. The number of carboxylic acids is 1. The van der Waals surface area contributed by atoms with Crippen LogP contribution in [-0.4, -0.2) is 17.6 Å². The zero-order valence-electron chi connectivity index (χ0n) is 12.5. The van der Waals surface area contributed by atoms with E-state index in [1.807, 2.05) is 31.2 Å². The van der Waals surface area contributed by atoms with Crippen molar-refractivity contribution in [3.05, 3.63) is 65.2 Å². The summed E-state index contributed by atoms with van der Waals surface area (Å²) in [5, 5.41) is 12.5. The molecule has 3 nitrogen and oxygen atoms in total. The van der Waals surface area contributed by atoms with Crippen LogP contribution in [-0.2, 0) is 0 Å². The maximum absolute atomic E-state index is 11.3. The predicted molar refractivity (Wildman–Crippen MR) is 86.1 cm³/mol. The van der Waals surface area contributed by atoms with Gasteiger partial charge in [-0.1, -0.05) is 49.4 Å². The summed E-state index contributed by atoms with van der Waals surface area (Å²) in [6, 6.07) is 15.7. The average Bonchev–Trinajstić information content (AvgIpc) is 2.49. The third-order valence-electron chi connectivity index (χ3n) is 3.75. The van der Waals surface area contributed by atoms with Crippen LogP contribution >= 0.6 is 0 Å². The monoisotopic (exact) mass is 283 g/mol. The molecule has 3 heteroatoms. The molecule has 110 valence electrons. The van der Waals surface area contributed by atoms with Crippen molar-refractivity contribution >= 4 is 11.7 Å². The Morgan fingerprint density at radius 3 is 2.52 bits per heavy atom. The number of hydrogen-bond acceptors (Lipinski definition) is 2. The molecular formula is C18H21NO2. The molecule has 0 bridgehead atoms. The van der Waals surface area contributed by atoms with Crippen LogP contribution in [0.25, 0.3) is 0 Å². The number of benzene rings is 2. The van der Waals surface area contributed by atoms with Gasteiger partial charge in [0.25, 0.3) is 0 Å². The summed E-state index contributed by atoms with van der Waals surface area (Å²) < 4.78 is 0. The molecule has 0 saturated carbocycles. The van der Waals surface area contributed by atoms with Crippen LogP contribution in [0, 0.1) is 6.92 Å². The summed E-state index contributed by atoms with van der Waals surface area (Å²) >= 11 is 0. The lowest BCUT2D eigenvalue weighted by Crippen LogP contribution is -2.11. The number of carbonyl (C=O) groups is 1. The summed E-state index contributed by atoms with van der Waals surface area (Å²) in [5.41, 5.74) is 3.33. The van der Waals surface area contributed by atoms with Crippen molar-refractivity contribution < 1.29 is 9.90 Å². The first-order chi connectivity index (χ1) is 10.1. The van der Waals surface area contributed by atoms with Crippen LogP contribution in [0.1, 0.15) is 40.7 Å². The van der Waals surface area contributed by atoms with Crippen molar-refractivity contribution in [1.82, 2.24) is 0 Å². The second-order valence-electron chi connectivity index (χ2n) is 5.33. The molecule has 2 aromatic rings. The Bertz CT molecular complexity index is 608. The fraction of sp³-hybridized carbons (Fsp3) is 0.278. The van der Waals surface area contributed by atoms with E-state index >= 15 is 0 Å². The van der Waals surface area contributed by atoms with E-state index in [0.29, 0.717) is 11.5 Å². The first kappa shape index (κ1) is 15.1. The molecule has 0 aliphatic heterocycles. The minimum absolute atomic E-state index is 0.336. The van der Waals surface area contributed by atoms with Crippen molar-refractivity contribution in [3.8, 4) is 0 Å². The largest absolute Gasteiger partial charge is 0.478 e. The molecular weight excluding hydrogens is 262 g/mol. The molecule has 0 spiro atoms. The van der Waals surface area contributed by atoms with E-state index in [0.717, 1.165) is 24.2 Å². The zero-order chi connectivity index (χ0) is 15.2. The number of aromatic carboxylic acids is 1. The van der Waals surface area contributed by atoms with Crippen LogP contribution < -0.4 is 5.32 Å². The van der Waals surface area contributed by atoms with E-state index in [2.05, 4.69) is 24.4 Å². The van der Waals surface area contributed by atoms with Gasteiger partial charge in [-0.15, -0.1) is 0 Å². The fourth-order valence-electron chi connectivity index (χ4n) is 2.44. The van der Waals surface area contributed by atoms with Crippen LogP contribution in [0.4, 0.5) is 5.69 Å². The van der Waals surface area contributed by atoms with Gasteiger partial charge in [0.2, 0.25) is 0 Å². The van der Waals surface area contributed by atoms with Crippen LogP contribution in [0.2, 0.25) is 0 Å². The number of para-hydroxylation sites is 1. The Hall–Kier alpha value is -2.29. The third kappa shape index (κ3) is 3.85. The summed E-state index contributed by atoms with van der Waals surface area (Å²) in [6.07, 6.45) is 0.956. The topological polar surface area (TPSA) is 49.3 Å². The summed E-state index contributed by atoms with van der Waals surface area (Å²) in [6.45, 7) is 4.86. The number of anilines is 1. The Kier molecular flexibility index (Phi) is 4.99. The van der Waals surface area contributed by atoms with E-state index in [9.17, 15) is 9.90 Å². The van der Waals surface area contributed by atoms with E-state index in [-0.39, 0.29) is 0 Å². The second kappa shape index (κ2) is 6.93. The number of rotatable bonds is 6. The van der Waals surface area contributed by atoms with Gasteiger partial charge in [0.1, 0.15) is 0 Å². The van der Waals surface area contributed by atoms with Gasteiger partial charge in [-0.3, -0.25) is 0 Å². The highest BCUT2D eigenvalue weighted by molar-refractivity contribution is 5.95. The van der Waals surface area contributed by atoms with Crippen molar-refractivity contribution in [2.75, 3.05) is 11.9 Å². The molecule has 0 amide bonds. The predicted octanol–water partition coefficient (Wildman–Crippen LogP) is 4.30. The Morgan fingerprint density at radius 2 is 1.86 bits per heavy atom. The lowest BCUT2D eigenvalue weighted by Gasteiger charge is -2.15. The summed E-state index contributed by atoms with van der Waals surface area (Å²) in [7, 11) is 0. The highest BCUT2D eigenvalue weighted by atomic mass is 16.4. The number of hydrogen-bond donors (Lipinski definition) is 2. The van der Waals surface area contributed by atoms with E-state index in [1.165, 1.54) is 5.56 Å². The van der Waals surface area contributed by atoms with Gasteiger partial charge in [-0.05, 0) is 36.5 Å². The highest BCUT2D eigenvalue weighted by Crippen LogP contribution is 2.22. The van der Waals surface area contributed by atoms with E-state index in [1.54, 1.807) is 12.1 Å². The second-order valence-corrected chi connectivity index (χ2v) is 5.33. The molecule has 0 aromatic heterocycles. The van der Waals surface area contributed by atoms with Crippen LogP contribution in [0.3, 0.4) is 0 Å². The molecule has 0 saturated heterocycles. The van der Waals surface area contributed by atoms with Gasteiger partial charge < -0.3 is 10.4 Å². The molecule has 2 N–H and O–H groups in total. The Morgan fingerprint density at radius 1 is 1.14 bits per heavy atom. The van der Waals surface area contributed by atoms with Crippen molar-refractivity contribution in [2.24, 2.45) is 0 Å². The minimum atomic E-state index is -0.891. The first-order valence-corrected chi connectivity index (χ1v) is 7.21. The SMILES string of the molecule is Cc1cccc(C(=O)O)c1NCCC(C)c1ccccc1. The molecule has 0 aliphatic carbocycles. The van der Waals surface area contributed by atoms with Gasteiger partial charge in [0.15, 0.2) is 0 Å².